The van der Waals surface area contributed by atoms with E-state index < -0.39 is 0 Å². The van der Waals surface area contributed by atoms with Crippen molar-refractivity contribution in [1.29, 1.82) is 0 Å². The first kappa shape index (κ1) is 83.0. The molecule has 0 N–H and O–H groups in total. The minimum atomic E-state index is 0. The van der Waals surface area contributed by atoms with Crippen LogP contribution in [0.15, 0.2) is 389 Å². The van der Waals surface area contributed by atoms with Gasteiger partial charge in [0.25, 0.3) is 0 Å². The number of benzene rings is 11. The van der Waals surface area contributed by atoms with Gasteiger partial charge in [0.15, 0.2) is 0 Å². The molecule has 10 heteroatoms. The topological polar surface area (TPSA) is 77.3 Å². The second-order valence-corrected chi connectivity index (χ2v) is 24.9. The summed E-state index contributed by atoms with van der Waals surface area (Å²) in [7, 11) is 0. The van der Waals surface area contributed by atoms with E-state index in [1.54, 1.807) is 12.4 Å². The van der Waals surface area contributed by atoms with Crippen molar-refractivity contribution < 1.29 is 80.4 Å². The van der Waals surface area contributed by atoms with Gasteiger partial charge in [0.05, 0.1) is 0 Å². The molecule has 0 aliphatic heterocycles. The Morgan fingerprint density at radius 3 is 1.04 bits per heavy atom. The fraction of sp³-hybridized carbons (Fsp3) is 0.0400. The summed E-state index contributed by atoms with van der Waals surface area (Å²) in [6, 6.07) is 138. The molecule has 1 aliphatic carbocycles. The average Bonchev–Trinajstić information content (AvgIpc) is 1.58. The molecule has 546 valence electrons. The molecule has 0 atom stereocenters. The molecule has 110 heavy (non-hydrogen) atoms. The maximum atomic E-state index is 4.55. The van der Waals surface area contributed by atoms with Crippen LogP contribution in [-0.4, -0.2) is 29.9 Å². The van der Waals surface area contributed by atoms with Crippen molar-refractivity contribution >= 4 is 0 Å². The molecular formula is C100H74Ir4N6-6. The maximum Gasteiger partial charge on any atom is 0.0242 e. The number of aromatic nitrogens is 6. The Hall–Kier alpha value is -11.1. The smallest absolute Gasteiger partial charge is 0.0242 e. The molecule has 0 saturated heterocycles. The minimum Gasteiger partial charge on any atom is -0.305 e. The van der Waals surface area contributed by atoms with Gasteiger partial charge < -0.3 is 29.9 Å². The Labute approximate surface area is 701 Å². The summed E-state index contributed by atoms with van der Waals surface area (Å²) in [5.74, 6) is 0.268. The van der Waals surface area contributed by atoms with Gasteiger partial charge in [0.2, 0.25) is 0 Å². The number of rotatable bonds is 10. The van der Waals surface area contributed by atoms with Crippen LogP contribution in [0.2, 0.25) is 0 Å². The number of nitrogens with zero attached hydrogens (tertiary/aromatic N) is 6. The number of hydrogen-bond acceptors (Lipinski definition) is 6. The molecule has 0 saturated carbocycles. The summed E-state index contributed by atoms with van der Waals surface area (Å²) in [5, 5.41) is 0. The molecule has 0 unspecified atom stereocenters. The monoisotopic (exact) mass is 2130 g/mol. The second-order valence-electron chi connectivity index (χ2n) is 24.9. The van der Waals surface area contributed by atoms with E-state index in [4.69, 9.17) is 0 Å². The van der Waals surface area contributed by atoms with Crippen LogP contribution in [0, 0.1) is 57.2 Å². The first-order valence-electron chi connectivity index (χ1n) is 35.2. The van der Waals surface area contributed by atoms with Gasteiger partial charge in [0, 0.05) is 129 Å². The summed E-state index contributed by atoms with van der Waals surface area (Å²) in [5.41, 5.74) is 29.8. The van der Waals surface area contributed by atoms with Gasteiger partial charge in [-0.3, -0.25) is 0 Å². The van der Waals surface area contributed by atoms with E-state index in [2.05, 4.69) is 239 Å². The standard InChI is InChI=1S/C24H16N.3C18H14N.2C11H8N.4Ir/c1-3-12-21-19(10-1)20-11-2-4-13-22(20)24(21)18-9-7-8-17(16-18)23-14-5-6-15-25-23;1-14-12-18(16-10-6-3-7-11-16)19-13-17(14)15-8-4-2-5-9-15;1-14-7-5-6-10-17(14)16-11-12-19-18(13-16)15-8-3-2-4-9-15;1-14-13-16(18-9-5-6-12-19-18)10-11-17(14)15-7-3-2-4-8-15;2*1-2-6-10(7-3-1)11-8-4-5-9-12-11;;;;/h1-7,9-16,24H;2-10,12-13H,1H3;2-8,10-13H,1H3;2-9,11-13H,1H3;2*1-6,8-9H;;;;/q6*-1;;;;. The van der Waals surface area contributed by atoms with Crippen molar-refractivity contribution in [3.05, 3.63) is 459 Å². The van der Waals surface area contributed by atoms with Crippen molar-refractivity contribution in [2.75, 3.05) is 0 Å². The molecule has 0 spiro atoms. The fourth-order valence-electron chi connectivity index (χ4n) is 12.6. The average molecular weight is 2130 g/mol. The molecule has 1 aliphatic rings. The molecule has 18 rings (SSSR count). The number of fused-ring (bicyclic) bond motifs is 3. The maximum absolute atomic E-state index is 4.55. The van der Waals surface area contributed by atoms with Crippen molar-refractivity contribution in [2.45, 2.75) is 26.7 Å². The normalized spacial score (nSPS) is 10.4. The van der Waals surface area contributed by atoms with E-state index in [0.29, 0.717) is 0 Å². The van der Waals surface area contributed by atoms with Gasteiger partial charge in [-0.15, -0.1) is 208 Å². The Bertz CT molecular complexity index is 5230. The zero-order chi connectivity index (χ0) is 72.3. The summed E-state index contributed by atoms with van der Waals surface area (Å²) >= 11 is 0. The van der Waals surface area contributed by atoms with Crippen LogP contribution in [0.1, 0.15) is 39.3 Å². The van der Waals surface area contributed by atoms with E-state index >= 15 is 0 Å². The third kappa shape index (κ3) is 22.3. The molecule has 6 aromatic heterocycles. The van der Waals surface area contributed by atoms with Crippen molar-refractivity contribution in [1.82, 2.24) is 29.9 Å². The van der Waals surface area contributed by atoms with Crippen molar-refractivity contribution in [3.8, 4) is 112 Å². The summed E-state index contributed by atoms with van der Waals surface area (Å²) in [6.45, 7) is 6.38. The molecule has 6 heterocycles. The first-order chi connectivity index (χ1) is 52.4. The third-order valence-electron chi connectivity index (χ3n) is 17.8. The Morgan fingerprint density at radius 1 is 0.227 bits per heavy atom. The van der Waals surface area contributed by atoms with E-state index in [1.165, 1.54) is 77.9 Å². The van der Waals surface area contributed by atoms with E-state index in [-0.39, 0.29) is 86.3 Å². The molecule has 6 nitrogen and oxygen atoms in total. The van der Waals surface area contributed by atoms with Gasteiger partial charge in [-0.2, -0.15) is 0 Å². The fourth-order valence-corrected chi connectivity index (χ4v) is 12.6. The second kappa shape index (κ2) is 43.2. The quantitative estimate of drug-likeness (QED) is 0.127. The van der Waals surface area contributed by atoms with Gasteiger partial charge >= 0.3 is 0 Å². The Morgan fingerprint density at radius 2 is 0.600 bits per heavy atom. The SMILES string of the molecule is Cc1cc(-c2[c-]cccc2)ncc1-c1ccccc1.Cc1cc(-c2ccccn2)[c-]cc1-c1ccccc1.Cc1ccccc1-c1ccnc(-c2[c-]cccc2)c1.[Ir].[Ir].[Ir].[Ir].[c-]1ccc(C2c3ccccc3-c3ccccc32)cc1-c1ccccn1.[c-]1ccccc1-c1ccccn1.[c-]1ccccc1-c1ccccn1. The van der Waals surface area contributed by atoms with Crippen molar-refractivity contribution in [2.24, 2.45) is 0 Å². The number of pyridine rings is 6. The zero-order valence-electron chi connectivity index (χ0n) is 60.5. The summed E-state index contributed by atoms with van der Waals surface area (Å²) < 4.78 is 0. The van der Waals surface area contributed by atoms with E-state index in [9.17, 15) is 0 Å². The van der Waals surface area contributed by atoms with Crippen LogP contribution in [0.3, 0.4) is 0 Å². The largest absolute Gasteiger partial charge is 0.305 e. The van der Waals surface area contributed by atoms with E-state index in [0.717, 1.165) is 67.5 Å². The van der Waals surface area contributed by atoms with Crippen molar-refractivity contribution in [3.63, 3.8) is 0 Å². The molecule has 0 bridgehead atoms. The minimum absolute atomic E-state index is 0. The third-order valence-corrected chi connectivity index (χ3v) is 17.8. The van der Waals surface area contributed by atoms with Gasteiger partial charge in [-0.25, -0.2) is 0 Å². The molecule has 0 fully saturated rings. The Kier molecular flexibility index (Phi) is 32.6. The van der Waals surface area contributed by atoms with Gasteiger partial charge in [0.1, 0.15) is 0 Å². The van der Waals surface area contributed by atoms with Crippen LogP contribution in [-0.2, 0) is 80.4 Å². The van der Waals surface area contributed by atoms with E-state index in [1.807, 2.05) is 225 Å². The molecule has 4 radical (unpaired) electrons. The summed E-state index contributed by atoms with van der Waals surface area (Å²) in [4.78, 5) is 26.3. The van der Waals surface area contributed by atoms with Crippen LogP contribution in [0.25, 0.3) is 112 Å². The zero-order valence-corrected chi connectivity index (χ0v) is 70.1. The van der Waals surface area contributed by atoms with Crippen LogP contribution in [0.4, 0.5) is 0 Å². The molecule has 17 aromatic rings. The Balaban J connectivity index is 0.000000153. The number of hydrogen-bond donors (Lipinski definition) is 0. The van der Waals surface area contributed by atoms with Gasteiger partial charge in [-0.05, 0) is 128 Å². The predicted molar refractivity (Wildman–Crippen MR) is 434 cm³/mol. The van der Waals surface area contributed by atoms with Crippen LogP contribution < -0.4 is 0 Å². The summed E-state index contributed by atoms with van der Waals surface area (Å²) in [6.07, 6.45) is 11.0. The predicted octanol–water partition coefficient (Wildman–Crippen LogP) is 24.4. The van der Waals surface area contributed by atoms with Crippen LogP contribution in [0.5, 0.6) is 0 Å². The van der Waals surface area contributed by atoms with Crippen LogP contribution >= 0.6 is 0 Å². The first-order valence-corrected chi connectivity index (χ1v) is 35.2. The number of aryl methyl sites for hydroxylation is 3. The molecular weight excluding hydrogens is 2050 g/mol. The van der Waals surface area contributed by atoms with Gasteiger partial charge in [-0.1, -0.05) is 212 Å². The molecule has 0 amide bonds. The molecule has 11 aromatic carbocycles.